The zero-order chi connectivity index (χ0) is 22.4. The van der Waals surface area contributed by atoms with E-state index in [0.29, 0.717) is 12.3 Å². The summed E-state index contributed by atoms with van der Waals surface area (Å²) in [4.78, 5) is 13.1. The Labute approximate surface area is 186 Å². The van der Waals surface area contributed by atoms with Crippen molar-refractivity contribution in [3.8, 4) is 5.75 Å². The van der Waals surface area contributed by atoms with Gasteiger partial charge in [-0.15, -0.1) is 0 Å². The highest BCUT2D eigenvalue weighted by Gasteiger charge is 2.21. The molecule has 1 N–H and O–H groups in total. The molecule has 1 amide bonds. The van der Waals surface area contributed by atoms with Crippen LogP contribution in [0.15, 0.2) is 72.8 Å². The zero-order valence-corrected chi connectivity index (χ0v) is 19.2. The van der Waals surface area contributed by atoms with Gasteiger partial charge in [0.2, 0.25) is 5.91 Å². The Kier molecular flexibility index (Phi) is 7.51. The van der Waals surface area contributed by atoms with Gasteiger partial charge in [0.1, 0.15) is 5.75 Å². The predicted molar refractivity (Wildman–Crippen MR) is 128 cm³/mol. The van der Waals surface area contributed by atoms with E-state index in [1.165, 1.54) is 0 Å². The first kappa shape index (κ1) is 22.6. The third-order valence-corrected chi connectivity index (χ3v) is 5.88. The van der Waals surface area contributed by atoms with Crippen molar-refractivity contribution in [3.63, 3.8) is 0 Å². The number of aryl methyl sites for hydroxylation is 1. The van der Waals surface area contributed by atoms with Gasteiger partial charge in [-0.3, -0.25) is 4.79 Å². The van der Waals surface area contributed by atoms with E-state index in [-0.39, 0.29) is 17.9 Å². The number of carbonyl (C=O) groups excluding carboxylic acids is 1. The smallest absolute Gasteiger partial charge is 0.221 e. The van der Waals surface area contributed by atoms with Gasteiger partial charge in [0.25, 0.3) is 0 Å². The maximum absolute atomic E-state index is 13.1. The summed E-state index contributed by atoms with van der Waals surface area (Å²) in [5.74, 6) is 1.32. The molecule has 0 saturated heterocycles. The molecule has 3 aromatic carbocycles. The molecule has 162 valence electrons. The minimum absolute atomic E-state index is 0.0257. The molecule has 0 radical (unpaired) electrons. The van der Waals surface area contributed by atoms with E-state index in [1.54, 1.807) is 7.11 Å². The molecular weight excluding hydrogens is 382 g/mol. The highest BCUT2D eigenvalue weighted by Crippen LogP contribution is 2.33. The van der Waals surface area contributed by atoms with Gasteiger partial charge in [-0.05, 0) is 59.7 Å². The van der Waals surface area contributed by atoms with Crippen molar-refractivity contribution in [2.45, 2.75) is 52.0 Å². The molecule has 0 aliphatic heterocycles. The first-order valence-corrected chi connectivity index (χ1v) is 11.0. The number of hydrogen-bond donors (Lipinski definition) is 1. The van der Waals surface area contributed by atoms with Crippen LogP contribution in [0.3, 0.4) is 0 Å². The second-order valence-corrected chi connectivity index (χ2v) is 8.47. The third-order valence-electron chi connectivity index (χ3n) is 5.88. The fourth-order valence-electron chi connectivity index (χ4n) is 4.17. The molecule has 3 aromatic rings. The van der Waals surface area contributed by atoms with E-state index < -0.39 is 0 Å². The Balaban J connectivity index is 1.81. The first-order chi connectivity index (χ1) is 14.9. The molecule has 31 heavy (non-hydrogen) atoms. The van der Waals surface area contributed by atoms with E-state index in [9.17, 15) is 4.79 Å². The SMILES string of the molecule is COc1cc(C)c([C@@H](C)NC(=O)CC(c2ccccc2)c2ccccc2)cc1C(C)C. The number of rotatable bonds is 8. The molecule has 0 aliphatic rings. The monoisotopic (exact) mass is 415 g/mol. The van der Waals surface area contributed by atoms with Gasteiger partial charge in [-0.1, -0.05) is 74.5 Å². The van der Waals surface area contributed by atoms with Crippen molar-refractivity contribution in [1.82, 2.24) is 5.32 Å². The van der Waals surface area contributed by atoms with Gasteiger partial charge in [0.15, 0.2) is 0 Å². The van der Waals surface area contributed by atoms with Crippen LogP contribution in [0, 0.1) is 6.92 Å². The minimum atomic E-state index is -0.0805. The number of amides is 1. The lowest BCUT2D eigenvalue weighted by atomic mass is 9.88. The fourth-order valence-corrected chi connectivity index (χ4v) is 4.17. The lowest BCUT2D eigenvalue weighted by molar-refractivity contribution is -0.121. The number of hydrogen-bond acceptors (Lipinski definition) is 2. The topological polar surface area (TPSA) is 38.3 Å². The van der Waals surface area contributed by atoms with E-state index >= 15 is 0 Å². The first-order valence-electron chi connectivity index (χ1n) is 11.0. The molecular formula is C28H33NO2. The quantitative estimate of drug-likeness (QED) is 0.454. The van der Waals surface area contributed by atoms with Crippen molar-refractivity contribution in [3.05, 3.63) is 101 Å². The number of benzene rings is 3. The van der Waals surface area contributed by atoms with Crippen LogP contribution < -0.4 is 10.1 Å². The van der Waals surface area contributed by atoms with E-state index in [1.807, 2.05) is 36.4 Å². The fraction of sp³-hybridized carbons (Fsp3) is 0.321. The van der Waals surface area contributed by atoms with E-state index in [4.69, 9.17) is 4.74 Å². The Hall–Kier alpha value is -3.07. The average Bonchev–Trinajstić information content (AvgIpc) is 2.78. The Morgan fingerprint density at radius 1 is 0.871 bits per heavy atom. The maximum atomic E-state index is 13.1. The summed E-state index contributed by atoms with van der Waals surface area (Å²) in [7, 11) is 1.71. The molecule has 0 heterocycles. The van der Waals surface area contributed by atoms with Gasteiger partial charge in [-0.2, -0.15) is 0 Å². The second-order valence-electron chi connectivity index (χ2n) is 8.47. The Bertz CT molecular complexity index is 957. The van der Waals surface area contributed by atoms with Gasteiger partial charge in [0, 0.05) is 12.3 Å². The highest BCUT2D eigenvalue weighted by molar-refractivity contribution is 5.78. The predicted octanol–water partition coefficient (Wildman–Crippen LogP) is 6.53. The molecule has 3 heteroatoms. The molecule has 3 nitrogen and oxygen atoms in total. The van der Waals surface area contributed by atoms with Crippen molar-refractivity contribution >= 4 is 5.91 Å². The average molecular weight is 416 g/mol. The van der Waals surface area contributed by atoms with Crippen molar-refractivity contribution < 1.29 is 9.53 Å². The van der Waals surface area contributed by atoms with Gasteiger partial charge in [-0.25, -0.2) is 0 Å². The summed E-state index contributed by atoms with van der Waals surface area (Å²) in [6.45, 7) is 8.44. The Morgan fingerprint density at radius 3 is 1.90 bits per heavy atom. The zero-order valence-electron chi connectivity index (χ0n) is 19.2. The summed E-state index contributed by atoms with van der Waals surface area (Å²) < 4.78 is 5.57. The lowest BCUT2D eigenvalue weighted by Crippen LogP contribution is -2.28. The number of ether oxygens (including phenoxy) is 1. The summed E-state index contributed by atoms with van der Waals surface area (Å²) >= 11 is 0. The highest BCUT2D eigenvalue weighted by atomic mass is 16.5. The van der Waals surface area contributed by atoms with Gasteiger partial charge < -0.3 is 10.1 Å². The van der Waals surface area contributed by atoms with Gasteiger partial charge in [0.05, 0.1) is 13.2 Å². The number of methoxy groups -OCH3 is 1. The largest absolute Gasteiger partial charge is 0.496 e. The summed E-state index contributed by atoms with van der Waals surface area (Å²) in [5, 5.41) is 3.23. The molecule has 0 spiro atoms. The molecule has 0 aliphatic carbocycles. The molecule has 0 aromatic heterocycles. The number of nitrogens with one attached hydrogen (secondary N) is 1. The molecule has 3 rings (SSSR count). The second kappa shape index (κ2) is 10.3. The van der Waals surface area contributed by atoms with E-state index in [2.05, 4.69) is 69.4 Å². The maximum Gasteiger partial charge on any atom is 0.221 e. The van der Waals surface area contributed by atoms with Crippen LogP contribution in [0.25, 0.3) is 0 Å². The summed E-state index contributed by atoms with van der Waals surface area (Å²) in [6, 6.07) is 24.7. The summed E-state index contributed by atoms with van der Waals surface area (Å²) in [5.41, 5.74) is 5.72. The molecule has 0 fully saturated rings. The Morgan fingerprint density at radius 2 is 1.42 bits per heavy atom. The van der Waals surface area contributed by atoms with Crippen LogP contribution in [0.1, 0.15) is 72.9 Å². The van der Waals surface area contributed by atoms with Gasteiger partial charge >= 0.3 is 0 Å². The molecule has 0 saturated carbocycles. The standard InChI is InChI=1S/C28H33NO2/c1-19(2)24-17-25(20(3)16-27(24)31-5)21(4)29-28(30)18-26(22-12-8-6-9-13-22)23-14-10-7-11-15-23/h6-17,19,21,26H,18H2,1-5H3,(H,29,30)/t21-/m1/s1. The third kappa shape index (κ3) is 5.55. The van der Waals surface area contributed by atoms with Crippen molar-refractivity contribution in [2.24, 2.45) is 0 Å². The number of carbonyl (C=O) groups is 1. The van der Waals surface area contributed by atoms with Crippen LogP contribution in [0.2, 0.25) is 0 Å². The van der Waals surface area contributed by atoms with Crippen LogP contribution in [0.5, 0.6) is 5.75 Å². The molecule has 0 unspecified atom stereocenters. The molecule has 1 atom stereocenters. The van der Waals surface area contributed by atoms with Crippen LogP contribution in [0.4, 0.5) is 0 Å². The van der Waals surface area contributed by atoms with Crippen LogP contribution in [-0.4, -0.2) is 13.0 Å². The van der Waals surface area contributed by atoms with Crippen molar-refractivity contribution in [2.75, 3.05) is 7.11 Å². The molecule has 0 bridgehead atoms. The normalized spacial score (nSPS) is 12.1. The van der Waals surface area contributed by atoms with E-state index in [0.717, 1.165) is 33.6 Å². The van der Waals surface area contributed by atoms with Crippen molar-refractivity contribution in [1.29, 1.82) is 0 Å². The van der Waals surface area contributed by atoms with Crippen LogP contribution >= 0.6 is 0 Å². The lowest BCUT2D eigenvalue weighted by Gasteiger charge is -2.23. The minimum Gasteiger partial charge on any atom is -0.496 e. The van der Waals surface area contributed by atoms with Crippen LogP contribution in [-0.2, 0) is 4.79 Å². The summed E-state index contributed by atoms with van der Waals surface area (Å²) in [6.07, 6.45) is 0.407.